The molecule has 0 aliphatic heterocycles. The van der Waals surface area contributed by atoms with E-state index in [9.17, 15) is 5.11 Å². The predicted octanol–water partition coefficient (Wildman–Crippen LogP) is 4.37. The van der Waals surface area contributed by atoms with E-state index in [1.807, 2.05) is 12.1 Å². The van der Waals surface area contributed by atoms with E-state index in [2.05, 4.69) is 32.9 Å². The molecule has 1 saturated carbocycles. The Morgan fingerprint density at radius 3 is 2.76 bits per heavy atom. The molecule has 1 aliphatic carbocycles. The number of aromatic hydroxyl groups is 1. The lowest BCUT2D eigenvalue weighted by atomic mass is 9.67. The lowest BCUT2D eigenvalue weighted by Gasteiger charge is -2.37. The maximum absolute atomic E-state index is 9.58. The fraction of sp³-hybridized carbons (Fsp3) is 0.625. The van der Waals surface area contributed by atoms with Crippen molar-refractivity contribution in [3.8, 4) is 5.75 Å². The summed E-state index contributed by atoms with van der Waals surface area (Å²) >= 11 is 0. The molecule has 1 aliphatic rings. The van der Waals surface area contributed by atoms with E-state index in [1.165, 1.54) is 24.8 Å². The van der Waals surface area contributed by atoms with Crippen LogP contribution in [0.2, 0.25) is 0 Å². The summed E-state index contributed by atoms with van der Waals surface area (Å²) < 4.78 is 0. The molecule has 17 heavy (non-hydrogen) atoms. The van der Waals surface area contributed by atoms with Crippen molar-refractivity contribution in [1.82, 2.24) is 0 Å². The van der Waals surface area contributed by atoms with Gasteiger partial charge in [0, 0.05) is 6.07 Å². The first-order chi connectivity index (χ1) is 8.08. The van der Waals surface area contributed by atoms with E-state index in [-0.39, 0.29) is 5.75 Å². The third kappa shape index (κ3) is 2.83. The molecule has 0 spiro atoms. The first-order valence-corrected chi connectivity index (χ1v) is 6.78. The molecule has 1 radical (unpaired) electrons. The van der Waals surface area contributed by atoms with E-state index < -0.39 is 0 Å². The van der Waals surface area contributed by atoms with E-state index in [4.69, 9.17) is 0 Å². The molecule has 1 nitrogen and oxygen atoms in total. The van der Waals surface area contributed by atoms with Crippen LogP contribution >= 0.6 is 0 Å². The van der Waals surface area contributed by atoms with Gasteiger partial charge in [-0.1, -0.05) is 39.3 Å². The molecule has 0 amide bonds. The fourth-order valence-corrected chi connectivity index (χ4v) is 3.29. The van der Waals surface area contributed by atoms with Crippen molar-refractivity contribution in [2.45, 2.75) is 46.0 Å². The number of benzene rings is 1. The molecule has 0 heterocycles. The SMILES string of the molecule is CC1CCC(C(C)C)C(c2cc[c]c(O)c2)C1. The highest BCUT2D eigenvalue weighted by atomic mass is 16.3. The smallest absolute Gasteiger partial charge is 0.123 e. The highest BCUT2D eigenvalue weighted by Gasteiger charge is 2.31. The third-order valence-corrected chi connectivity index (χ3v) is 4.26. The largest absolute Gasteiger partial charge is 0.507 e. The standard InChI is InChI=1S/C16H23O/c1-11(2)15-8-7-12(3)9-16(15)13-5-4-6-14(17)10-13/h4-5,10-12,15-17H,7-9H2,1-3H3. The van der Waals surface area contributed by atoms with Crippen molar-refractivity contribution in [1.29, 1.82) is 0 Å². The van der Waals surface area contributed by atoms with Gasteiger partial charge in [0.1, 0.15) is 5.75 Å². The van der Waals surface area contributed by atoms with Crippen LogP contribution in [0.15, 0.2) is 18.2 Å². The second kappa shape index (κ2) is 5.12. The summed E-state index contributed by atoms with van der Waals surface area (Å²) in [6, 6.07) is 8.69. The summed E-state index contributed by atoms with van der Waals surface area (Å²) in [5, 5.41) is 9.58. The van der Waals surface area contributed by atoms with Crippen LogP contribution in [0.4, 0.5) is 0 Å². The summed E-state index contributed by atoms with van der Waals surface area (Å²) in [4.78, 5) is 0. The molecule has 1 N–H and O–H groups in total. The quantitative estimate of drug-likeness (QED) is 0.801. The summed E-state index contributed by atoms with van der Waals surface area (Å²) in [6.45, 7) is 6.99. The number of phenols is 1. The highest BCUT2D eigenvalue weighted by Crippen LogP contribution is 2.44. The molecule has 1 aromatic carbocycles. The van der Waals surface area contributed by atoms with Crippen LogP contribution in [0.25, 0.3) is 0 Å². The Hall–Kier alpha value is -0.980. The van der Waals surface area contributed by atoms with Gasteiger partial charge in [-0.25, -0.2) is 0 Å². The van der Waals surface area contributed by atoms with Crippen molar-refractivity contribution in [2.24, 2.45) is 17.8 Å². The number of hydrogen-bond acceptors (Lipinski definition) is 1. The molecular formula is C16H23O. The molecule has 0 aromatic heterocycles. The van der Waals surface area contributed by atoms with Crippen molar-refractivity contribution >= 4 is 0 Å². The van der Waals surface area contributed by atoms with Gasteiger partial charge in [0.05, 0.1) is 0 Å². The minimum Gasteiger partial charge on any atom is -0.507 e. The van der Waals surface area contributed by atoms with Crippen LogP contribution in [0.1, 0.15) is 51.5 Å². The van der Waals surface area contributed by atoms with Gasteiger partial charge in [-0.3, -0.25) is 0 Å². The Kier molecular flexibility index (Phi) is 3.76. The van der Waals surface area contributed by atoms with Crippen LogP contribution in [-0.4, -0.2) is 5.11 Å². The van der Waals surface area contributed by atoms with Gasteiger partial charge >= 0.3 is 0 Å². The van der Waals surface area contributed by atoms with Crippen LogP contribution in [-0.2, 0) is 0 Å². The molecule has 3 atom stereocenters. The summed E-state index contributed by atoms with van der Waals surface area (Å²) in [5.41, 5.74) is 1.30. The number of rotatable bonds is 2. The molecule has 93 valence electrons. The minimum absolute atomic E-state index is 0.281. The first-order valence-electron chi connectivity index (χ1n) is 6.78. The second-order valence-corrected chi connectivity index (χ2v) is 5.94. The summed E-state index contributed by atoms with van der Waals surface area (Å²) in [6.07, 6.45) is 3.93. The lowest BCUT2D eigenvalue weighted by molar-refractivity contribution is 0.197. The lowest BCUT2D eigenvalue weighted by Crippen LogP contribution is -2.26. The Balaban J connectivity index is 2.25. The van der Waals surface area contributed by atoms with Crippen molar-refractivity contribution in [3.05, 3.63) is 29.8 Å². The first kappa shape index (κ1) is 12.5. The molecule has 1 heteroatoms. The molecule has 0 saturated heterocycles. The third-order valence-electron chi connectivity index (χ3n) is 4.26. The van der Waals surface area contributed by atoms with Gasteiger partial charge in [0.25, 0.3) is 0 Å². The molecule has 3 unspecified atom stereocenters. The Bertz CT molecular complexity index is 370. The van der Waals surface area contributed by atoms with Gasteiger partial charge in [-0.05, 0) is 48.1 Å². The van der Waals surface area contributed by atoms with Crippen molar-refractivity contribution in [3.63, 3.8) is 0 Å². The van der Waals surface area contributed by atoms with Crippen LogP contribution in [0.3, 0.4) is 0 Å². The molecule has 1 fully saturated rings. The predicted molar refractivity (Wildman–Crippen MR) is 71.0 cm³/mol. The maximum Gasteiger partial charge on any atom is 0.123 e. The number of hydrogen-bond donors (Lipinski definition) is 1. The van der Waals surface area contributed by atoms with Crippen molar-refractivity contribution < 1.29 is 5.11 Å². The zero-order valence-electron chi connectivity index (χ0n) is 11.1. The Labute approximate surface area is 105 Å². The van der Waals surface area contributed by atoms with Gasteiger partial charge in [0.15, 0.2) is 0 Å². The number of phenolic OH excluding ortho intramolecular Hbond substituents is 1. The average Bonchev–Trinajstić information content (AvgIpc) is 2.28. The fourth-order valence-electron chi connectivity index (χ4n) is 3.29. The monoisotopic (exact) mass is 231 g/mol. The molecule has 2 rings (SSSR count). The normalized spacial score (nSPS) is 29.5. The zero-order chi connectivity index (χ0) is 12.4. The van der Waals surface area contributed by atoms with Gasteiger partial charge in [-0.2, -0.15) is 0 Å². The van der Waals surface area contributed by atoms with Crippen LogP contribution < -0.4 is 0 Å². The van der Waals surface area contributed by atoms with E-state index >= 15 is 0 Å². The van der Waals surface area contributed by atoms with E-state index in [0.717, 1.165) is 17.8 Å². The zero-order valence-corrected chi connectivity index (χ0v) is 11.1. The van der Waals surface area contributed by atoms with Gasteiger partial charge in [0.2, 0.25) is 0 Å². The second-order valence-electron chi connectivity index (χ2n) is 5.94. The maximum atomic E-state index is 9.58. The topological polar surface area (TPSA) is 20.2 Å². The summed E-state index contributed by atoms with van der Waals surface area (Å²) in [7, 11) is 0. The highest BCUT2D eigenvalue weighted by molar-refractivity contribution is 5.29. The van der Waals surface area contributed by atoms with Gasteiger partial charge in [-0.15, -0.1) is 0 Å². The molecule has 0 bridgehead atoms. The van der Waals surface area contributed by atoms with E-state index in [1.54, 1.807) is 0 Å². The minimum atomic E-state index is 0.281. The Morgan fingerprint density at radius 1 is 1.35 bits per heavy atom. The van der Waals surface area contributed by atoms with Crippen molar-refractivity contribution in [2.75, 3.05) is 0 Å². The van der Waals surface area contributed by atoms with Crippen LogP contribution in [0, 0.1) is 23.8 Å². The van der Waals surface area contributed by atoms with Crippen LogP contribution in [0.5, 0.6) is 5.75 Å². The Morgan fingerprint density at radius 2 is 2.12 bits per heavy atom. The van der Waals surface area contributed by atoms with E-state index in [0.29, 0.717) is 5.92 Å². The average molecular weight is 231 g/mol. The summed E-state index contributed by atoms with van der Waals surface area (Å²) in [5.74, 6) is 3.18. The molecular weight excluding hydrogens is 208 g/mol. The van der Waals surface area contributed by atoms with Gasteiger partial charge < -0.3 is 5.11 Å². The molecule has 1 aromatic rings.